The number of aliphatic carboxylic acids is 1. The van der Waals surface area contributed by atoms with Gasteiger partial charge in [-0.1, -0.05) is 50.3 Å². The van der Waals surface area contributed by atoms with E-state index in [2.05, 4.69) is 4.90 Å². The summed E-state index contributed by atoms with van der Waals surface area (Å²) in [5.74, 6) is -0.173. The monoisotopic (exact) mass is 384 g/mol. The largest absolute Gasteiger partial charge is 0.480 e. The number of piperidine rings is 1. The fourth-order valence-corrected chi connectivity index (χ4v) is 5.58. The van der Waals surface area contributed by atoms with E-state index in [9.17, 15) is 14.7 Å². The predicted octanol–water partition coefficient (Wildman–Crippen LogP) is 3.81. The zero-order chi connectivity index (χ0) is 19.6. The van der Waals surface area contributed by atoms with Crippen LogP contribution < -0.4 is 4.90 Å². The molecular formula is C23H32N2O3. The maximum Gasteiger partial charge on any atom is 0.323 e. The van der Waals surface area contributed by atoms with Gasteiger partial charge in [-0.2, -0.15) is 0 Å². The lowest BCUT2D eigenvalue weighted by molar-refractivity contribution is -0.137. The van der Waals surface area contributed by atoms with E-state index in [1.54, 1.807) is 0 Å². The Morgan fingerprint density at radius 2 is 1.68 bits per heavy atom. The van der Waals surface area contributed by atoms with E-state index < -0.39 is 11.4 Å². The van der Waals surface area contributed by atoms with Crippen LogP contribution in [0.15, 0.2) is 24.3 Å². The Bertz CT molecular complexity index is 716. The first-order chi connectivity index (χ1) is 13.6. The summed E-state index contributed by atoms with van der Waals surface area (Å²) < 4.78 is 0. The Morgan fingerprint density at radius 3 is 2.36 bits per heavy atom. The van der Waals surface area contributed by atoms with Crippen molar-refractivity contribution < 1.29 is 14.7 Å². The molecule has 4 rings (SSSR count). The molecule has 1 saturated carbocycles. The zero-order valence-electron chi connectivity index (χ0n) is 16.7. The minimum absolute atomic E-state index is 0.0123. The van der Waals surface area contributed by atoms with Crippen molar-refractivity contribution >= 4 is 17.6 Å². The highest BCUT2D eigenvalue weighted by atomic mass is 16.4. The molecule has 1 aromatic rings. The predicted molar refractivity (Wildman–Crippen MR) is 110 cm³/mol. The van der Waals surface area contributed by atoms with Crippen molar-refractivity contribution in [2.24, 2.45) is 5.92 Å². The minimum Gasteiger partial charge on any atom is -0.480 e. The summed E-state index contributed by atoms with van der Waals surface area (Å²) in [7, 11) is 0. The van der Waals surface area contributed by atoms with E-state index in [1.807, 2.05) is 24.3 Å². The molecule has 2 fully saturated rings. The Morgan fingerprint density at radius 1 is 1.04 bits per heavy atom. The number of benzene rings is 1. The van der Waals surface area contributed by atoms with Crippen molar-refractivity contribution in [1.29, 1.82) is 0 Å². The molecule has 0 unspecified atom stereocenters. The molecule has 1 saturated heterocycles. The number of likely N-dealkylation sites (tertiary alicyclic amines) is 1. The van der Waals surface area contributed by atoms with Crippen molar-refractivity contribution in [3.63, 3.8) is 0 Å². The summed E-state index contributed by atoms with van der Waals surface area (Å²) in [5, 5.41) is 9.27. The summed E-state index contributed by atoms with van der Waals surface area (Å²) in [6.07, 6.45) is 11.2. The average molecular weight is 385 g/mol. The van der Waals surface area contributed by atoms with Gasteiger partial charge in [0.1, 0.15) is 6.54 Å². The molecule has 2 heterocycles. The third kappa shape index (κ3) is 3.69. The van der Waals surface area contributed by atoms with Crippen LogP contribution in [-0.4, -0.2) is 48.1 Å². The average Bonchev–Trinajstić information content (AvgIpc) is 2.88. The summed E-state index contributed by atoms with van der Waals surface area (Å²) in [6, 6.07) is 7.79. The molecule has 1 amide bonds. The highest BCUT2D eigenvalue weighted by Gasteiger charge is 2.52. The van der Waals surface area contributed by atoms with Crippen molar-refractivity contribution in [2.75, 3.05) is 31.1 Å². The molecule has 0 radical (unpaired) electrons. The number of hydrogen-bond donors (Lipinski definition) is 1. The maximum atomic E-state index is 13.3. The highest BCUT2D eigenvalue weighted by molar-refractivity contribution is 6.10. The van der Waals surface area contributed by atoms with Crippen LogP contribution in [0.4, 0.5) is 5.69 Å². The molecule has 0 atom stereocenters. The van der Waals surface area contributed by atoms with Crippen LogP contribution in [0, 0.1) is 5.92 Å². The smallest absolute Gasteiger partial charge is 0.323 e. The third-order valence-electron chi connectivity index (χ3n) is 7.11. The fraction of sp³-hybridized carbons (Fsp3) is 0.652. The number of carbonyl (C=O) groups excluding carboxylic acids is 1. The topological polar surface area (TPSA) is 60.9 Å². The minimum atomic E-state index is -0.957. The number of para-hydroxylation sites is 1. The first-order valence-corrected chi connectivity index (χ1v) is 11.0. The Hall–Kier alpha value is -1.88. The molecule has 28 heavy (non-hydrogen) atoms. The first kappa shape index (κ1) is 19.4. The van der Waals surface area contributed by atoms with Crippen LogP contribution in [0.1, 0.15) is 63.4 Å². The van der Waals surface area contributed by atoms with Gasteiger partial charge in [-0.3, -0.25) is 9.59 Å². The quantitative estimate of drug-likeness (QED) is 0.857. The summed E-state index contributed by atoms with van der Waals surface area (Å²) >= 11 is 0. The molecular weight excluding hydrogens is 352 g/mol. The van der Waals surface area contributed by atoms with E-state index in [4.69, 9.17) is 0 Å². The molecule has 1 spiro atoms. The SMILES string of the molecule is O=C(O)CN1C(=O)C2(CCN(CC3CCCCCCC3)CC2)c2ccccc21. The normalized spacial score (nSPS) is 23.4. The third-order valence-corrected chi connectivity index (χ3v) is 7.11. The first-order valence-electron chi connectivity index (χ1n) is 11.0. The summed E-state index contributed by atoms with van der Waals surface area (Å²) in [6.45, 7) is 2.77. The number of hydrogen-bond acceptors (Lipinski definition) is 3. The van der Waals surface area contributed by atoms with Gasteiger partial charge in [-0.15, -0.1) is 0 Å². The van der Waals surface area contributed by atoms with E-state index in [0.717, 1.165) is 49.6 Å². The van der Waals surface area contributed by atoms with Gasteiger partial charge >= 0.3 is 5.97 Å². The van der Waals surface area contributed by atoms with Crippen molar-refractivity contribution in [1.82, 2.24) is 4.90 Å². The second-order valence-corrected chi connectivity index (χ2v) is 8.90. The zero-order valence-corrected chi connectivity index (χ0v) is 16.7. The molecule has 5 nitrogen and oxygen atoms in total. The van der Waals surface area contributed by atoms with Crippen LogP contribution in [-0.2, 0) is 15.0 Å². The molecule has 152 valence electrons. The number of anilines is 1. The Labute approximate surface area is 167 Å². The van der Waals surface area contributed by atoms with Gasteiger partial charge < -0.3 is 14.9 Å². The Kier molecular flexibility index (Phi) is 5.72. The van der Waals surface area contributed by atoms with Crippen molar-refractivity contribution in [3.8, 4) is 0 Å². The molecule has 1 N–H and O–H groups in total. The van der Waals surface area contributed by atoms with E-state index >= 15 is 0 Å². The molecule has 3 aliphatic rings. The number of carbonyl (C=O) groups is 2. The molecule has 2 aliphatic heterocycles. The number of fused-ring (bicyclic) bond motifs is 2. The summed E-state index contributed by atoms with van der Waals surface area (Å²) in [5.41, 5.74) is 1.30. The maximum absolute atomic E-state index is 13.3. The van der Waals surface area contributed by atoms with Gasteiger partial charge in [-0.05, 0) is 56.3 Å². The molecule has 5 heteroatoms. The Balaban J connectivity index is 1.45. The van der Waals surface area contributed by atoms with Gasteiger partial charge in [0, 0.05) is 12.2 Å². The van der Waals surface area contributed by atoms with Crippen LogP contribution in [0.3, 0.4) is 0 Å². The van der Waals surface area contributed by atoms with Gasteiger partial charge in [0.15, 0.2) is 0 Å². The van der Waals surface area contributed by atoms with Crippen molar-refractivity contribution in [3.05, 3.63) is 29.8 Å². The molecule has 1 aromatic carbocycles. The standard InChI is InChI=1S/C23H32N2O3/c26-21(27)17-25-20-11-7-6-10-19(20)23(22(25)28)12-14-24(15-13-23)16-18-8-4-2-1-3-5-9-18/h6-7,10-11,18H,1-5,8-9,12-17H2,(H,26,27). The molecule has 1 aliphatic carbocycles. The van der Waals surface area contributed by atoms with Crippen LogP contribution in [0.2, 0.25) is 0 Å². The van der Waals surface area contributed by atoms with Crippen LogP contribution in [0.25, 0.3) is 0 Å². The number of rotatable bonds is 4. The molecule has 0 aromatic heterocycles. The van der Waals surface area contributed by atoms with Crippen molar-refractivity contribution in [2.45, 2.75) is 63.2 Å². The van der Waals surface area contributed by atoms with Gasteiger partial charge in [0.2, 0.25) is 5.91 Å². The number of carboxylic acid groups (broad SMARTS) is 1. The van der Waals surface area contributed by atoms with E-state index in [-0.39, 0.29) is 12.5 Å². The highest BCUT2D eigenvalue weighted by Crippen LogP contribution is 2.47. The number of amides is 1. The lowest BCUT2D eigenvalue weighted by atomic mass is 9.73. The number of carboxylic acids is 1. The van der Waals surface area contributed by atoms with Gasteiger partial charge in [0.25, 0.3) is 0 Å². The lowest BCUT2D eigenvalue weighted by Crippen LogP contribution is -2.50. The van der Waals surface area contributed by atoms with Crippen LogP contribution >= 0.6 is 0 Å². The second kappa shape index (κ2) is 8.24. The van der Waals surface area contributed by atoms with Gasteiger partial charge in [-0.25, -0.2) is 0 Å². The van der Waals surface area contributed by atoms with E-state index in [0.29, 0.717) is 0 Å². The van der Waals surface area contributed by atoms with E-state index in [1.165, 1.54) is 49.8 Å². The number of nitrogens with zero attached hydrogens (tertiary/aromatic N) is 2. The molecule has 0 bridgehead atoms. The van der Waals surface area contributed by atoms with Crippen LogP contribution in [0.5, 0.6) is 0 Å². The second-order valence-electron chi connectivity index (χ2n) is 8.90. The lowest BCUT2D eigenvalue weighted by Gasteiger charge is -2.40. The van der Waals surface area contributed by atoms with Gasteiger partial charge in [0.05, 0.1) is 5.41 Å². The summed E-state index contributed by atoms with van der Waals surface area (Å²) in [4.78, 5) is 28.6. The fourth-order valence-electron chi connectivity index (χ4n) is 5.58.